The lowest BCUT2D eigenvalue weighted by molar-refractivity contribution is -0.274. The van der Waals surface area contributed by atoms with Gasteiger partial charge >= 0.3 is 6.36 Å². The smallest absolute Gasteiger partial charge is 0.406 e. The van der Waals surface area contributed by atoms with Crippen molar-refractivity contribution >= 4 is 17.5 Å². The van der Waals surface area contributed by atoms with E-state index in [2.05, 4.69) is 25.3 Å². The molecule has 1 heterocycles. The summed E-state index contributed by atoms with van der Waals surface area (Å²) in [6.07, 6.45) is -4.79. The van der Waals surface area contributed by atoms with E-state index >= 15 is 0 Å². The number of aromatic nitrogens is 2. The number of hydrogen-bond acceptors (Lipinski definition) is 5. The minimum Gasteiger partial charge on any atom is -0.406 e. The molecule has 2 N–H and O–H groups in total. The number of alkyl halides is 3. The highest BCUT2D eigenvalue weighted by Crippen LogP contribution is 2.29. The first-order valence-electron chi connectivity index (χ1n) is 9.14. The van der Waals surface area contributed by atoms with Gasteiger partial charge in [0.2, 0.25) is 5.95 Å². The Kier molecular flexibility index (Phi) is 6.09. The van der Waals surface area contributed by atoms with Crippen molar-refractivity contribution in [3.63, 3.8) is 0 Å². The van der Waals surface area contributed by atoms with Gasteiger partial charge in [-0.2, -0.15) is 4.98 Å². The maximum atomic E-state index is 13.9. The average Bonchev–Trinajstić information content (AvgIpc) is 2.63. The Morgan fingerprint density at radius 1 is 1.00 bits per heavy atom. The van der Waals surface area contributed by atoms with Crippen molar-refractivity contribution in [1.82, 2.24) is 9.97 Å². The van der Waals surface area contributed by atoms with Gasteiger partial charge in [0.05, 0.1) is 5.69 Å². The van der Waals surface area contributed by atoms with E-state index in [0.29, 0.717) is 28.3 Å². The second kappa shape index (κ2) is 8.56. The van der Waals surface area contributed by atoms with Crippen molar-refractivity contribution in [2.24, 2.45) is 0 Å². The summed E-state index contributed by atoms with van der Waals surface area (Å²) in [7, 11) is 0. The summed E-state index contributed by atoms with van der Waals surface area (Å²) in [5, 5.41) is 6.07. The van der Waals surface area contributed by atoms with Gasteiger partial charge in [-0.15, -0.1) is 13.2 Å². The van der Waals surface area contributed by atoms with Crippen LogP contribution in [-0.4, -0.2) is 22.4 Å². The van der Waals surface area contributed by atoms with Gasteiger partial charge in [-0.3, -0.25) is 0 Å². The van der Waals surface area contributed by atoms with Crippen LogP contribution in [0.15, 0.2) is 48.5 Å². The van der Waals surface area contributed by atoms with E-state index in [1.807, 2.05) is 13.8 Å². The number of rotatable bonds is 6. The standard InChI is InChI=1S/C21H20F4N4O/c1-12(2)26-20-28-18(14-5-4-6-16(9-14)30-21(23,24)25)11-19(29-20)27-15-8-7-13(3)17(22)10-15/h4-12H,1-3H3,(H2,26,27,28,29). The van der Waals surface area contributed by atoms with Gasteiger partial charge in [-0.25, -0.2) is 9.37 Å². The molecule has 2 aromatic carbocycles. The first-order chi connectivity index (χ1) is 14.1. The van der Waals surface area contributed by atoms with Crippen LogP contribution in [0.5, 0.6) is 5.75 Å². The summed E-state index contributed by atoms with van der Waals surface area (Å²) >= 11 is 0. The first-order valence-corrected chi connectivity index (χ1v) is 9.14. The van der Waals surface area contributed by atoms with Crippen LogP contribution in [0.3, 0.4) is 0 Å². The van der Waals surface area contributed by atoms with Crippen LogP contribution in [0.1, 0.15) is 19.4 Å². The van der Waals surface area contributed by atoms with E-state index < -0.39 is 6.36 Å². The summed E-state index contributed by atoms with van der Waals surface area (Å²) in [6.45, 7) is 5.45. The average molecular weight is 420 g/mol. The molecule has 0 amide bonds. The second-order valence-corrected chi connectivity index (χ2v) is 6.93. The third kappa shape index (κ3) is 5.82. The zero-order valence-electron chi connectivity index (χ0n) is 16.5. The molecular weight excluding hydrogens is 400 g/mol. The molecule has 0 aliphatic rings. The fourth-order valence-corrected chi connectivity index (χ4v) is 2.65. The van der Waals surface area contributed by atoms with Gasteiger partial charge in [0, 0.05) is 23.4 Å². The van der Waals surface area contributed by atoms with Gasteiger partial charge in [0.1, 0.15) is 17.4 Å². The highest BCUT2D eigenvalue weighted by molar-refractivity contribution is 5.68. The molecule has 0 spiro atoms. The zero-order valence-corrected chi connectivity index (χ0v) is 16.5. The number of benzene rings is 2. The van der Waals surface area contributed by atoms with E-state index in [1.54, 1.807) is 31.2 Å². The number of halogens is 4. The zero-order chi connectivity index (χ0) is 21.9. The fraction of sp³-hybridized carbons (Fsp3) is 0.238. The van der Waals surface area contributed by atoms with E-state index in [9.17, 15) is 17.6 Å². The number of ether oxygens (including phenoxy) is 1. The van der Waals surface area contributed by atoms with Gasteiger partial charge in [-0.1, -0.05) is 18.2 Å². The molecule has 0 bridgehead atoms. The molecule has 5 nitrogen and oxygen atoms in total. The highest BCUT2D eigenvalue weighted by Gasteiger charge is 2.31. The van der Waals surface area contributed by atoms with E-state index in [-0.39, 0.29) is 23.6 Å². The van der Waals surface area contributed by atoms with Crippen LogP contribution in [0.25, 0.3) is 11.3 Å². The summed E-state index contributed by atoms with van der Waals surface area (Å²) in [5.74, 6) is -0.0906. The van der Waals surface area contributed by atoms with E-state index in [1.165, 1.54) is 24.3 Å². The van der Waals surface area contributed by atoms with Crippen molar-refractivity contribution in [3.05, 3.63) is 59.9 Å². The topological polar surface area (TPSA) is 59.1 Å². The quantitative estimate of drug-likeness (QED) is 0.475. The number of hydrogen-bond donors (Lipinski definition) is 2. The molecule has 0 fully saturated rings. The summed E-state index contributed by atoms with van der Waals surface area (Å²) in [4.78, 5) is 8.74. The van der Waals surface area contributed by atoms with Crippen molar-refractivity contribution < 1.29 is 22.3 Å². The number of nitrogens with zero attached hydrogens (tertiary/aromatic N) is 2. The van der Waals surface area contributed by atoms with Gasteiger partial charge in [-0.05, 0) is 50.6 Å². The molecule has 0 atom stereocenters. The molecule has 0 unspecified atom stereocenters. The second-order valence-electron chi connectivity index (χ2n) is 6.93. The first kappa shape index (κ1) is 21.4. The maximum absolute atomic E-state index is 13.9. The molecule has 9 heteroatoms. The lowest BCUT2D eigenvalue weighted by Crippen LogP contribution is -2.17. The largest absolute Gasteiger partial charge is 0.573 e. The minimum atomic E-state index is -4.79. The van der Waals surface area contributed by atoms with Gasteiger partial charge < -0.3 is 15.4 Å². The SMILES string of the molecule is Cc1ccc(Nc2cc(-c3cccc(OC(F)(F)F)c3)nc(NC(C)C)n2)cc1F. The molecular formula is C21H20F4N4O. The van der Waals surface area contributed by atoms with Crippen molar-refractivity contribution in [2.45, 2.75) is 33.2 Å². The molecule has 3 aromatic rings. The van der Waals surface area contributed by atoms with Crippen LogP contribution in [-0.2, 0) is 0 Å². The predicted octanol–water partition coefficient (Wildman–Crippen LogP) is 6.05. The molecule has 158 valence electrons. The molecule has 0 saturated carbocycles. The number of anilines is 3. The van der Waals surface area contributed by atoms with Crippen molar-refractivity contribution in [3.8, 4) is 17.0 Å². The van der Waals surface area contributed by atoms with E-state index in [0.717, 1.165) is 0 Å². The van der Waals surface area contributed by atoms with E-state index in [4.69, 9.17) is 0 Å². The normalized spacial score (nSPS) is 11.5. The molecule has 1 aromatic heterocycles. The predicted molar refractivity (Wildman–Crippen MR) is 107 cm³/mol. The Bertz CT molecular complexity index is 1040. The monoisotopic (exact) mass is 420 g/mol. The third-order valence-electron chi connectivity index (χ3n) is 3.95. The highest BCUT2D eigenvalue weighted by atomic mass is 19.4. The molecule has 3 rings (SSSR count). The van der Waals surface area contributed by atoms with Crippen molar-refractivity contribution in [2.75, 3.05) is 10.6 Å². The Labute approximate surface area is 171 Å². The minimum absolute atomic E-state index is 0.0183. The van der Waals surface area contributed by atoms with Crippen LogP contribution in [0.4, 0.5) is 35.0 Å². The number of aryl methyl sites for hydroxylation is 1. The molecule has 30 heavy (non-hydrogen) atoms. The molecule has 0 aliphatic carbocycles. The lowest BCUT2D eigenvalue weighted by Gasteiger charge is -2.14. The number of nitrogens with one attached hydrogen (secondary N) is 2. The Hall–Kier alpha value is -3.36. The molecule has 0 aliphatic heterocycles. The Balaban J connectivity index is 1.98. The lowest BCUT2D eigenvalue weighted by atomic mass is 10.1. The van der Waals surface area contributed by atoms with Crippen molar-refractivity contribution in [1.29, 1.82) is 0 Å². The fourth-order valence-electron chi connectivity index (χ4n) is 2.65. The van der Waals surface area contributed by atoms with Crippen LogP contribution >= 0.6 is 0 Å². The van der Waals surface area contributed by atoms with Gasteiger partial charge in [0.25, 0.3) is 0 Å². The maximum Gasteiger partial charge on any atom is 0.573 e. The van der Waals surface area contributed by atoms with Crippen LogP contribution < -0.4 is 15.4 Å². The van der Waals surface area contributed by atoms with Gasteiger partial charge in [0.15, 0.2) is 0 Å². The Morgan fingerprint density at radius 2 is 1.77 bits per heavy atom. The van der Waals surface area contributed by atoms with Crippen LogP contribution in [0, 0.1) is 12.7 Å². The molecule has 0 saturated heterocycles. The summed E-state index contributed by atoms with van der Waals surface area (Å²) in [5.41, 5.74) is 1.76. The molecule has 0 radical (unpaired) electrons. The third-order valence-corrected chi connectivity index (χ3v) is 3.95. The van der Waals surface area contributed by atoms with Crippen LogP contribution in [0.2, 0.25) is 0 Å². The summed E-state index contributed by atoms with van der Waals surface area (Å²) in [6, 6.07) is 11.8. The Morgan fingerprint density at radius 3 is 2.43 bits per heavy atom. The summed E-state index contributed by atoms with van der Waals surface area (Å²) < 4.78 is 55.5.